The molecule has 4 heterocycles. The lowest BCUT2D eigenvalue weighted by molar-refractivity contribution is -0.127. The predicted octanol–water partition coefficient (Wildman–Crippen LogP) is 4.69. The Balaban J connectivity index is 1.45. The number of benzene rings is 2. The Morgan fingerprint density at radius 1 is 1.17 bits per heavy atom. The van der Waals surface area contributed by atoms with E-state index in [1.807, 2.05) is 11.0 Å². The average molecular weight is 466 g/mol. The topological polar surface area (TPSA) is 49.3 Å². The van der Waals surface area contributed by atoms with Crippen molar-refractivity contribution < 1.29 is 13.6 Å². The minimum Gasteiger partial charge on any atom is -0.364 e. The molecule has 7 heteroatoms. The van der Waals surface area contributed by atoms with Gasteiger partial charge < -0.3 is 9.80 Å². The van der Waals surface area contributed by atoms with Crippen LogP contribution in [0.3, 0.4) is 0 Å². The molecule has 6 rings (SSSR count). The number of halogens is 2. The second-order valence-corrected chi connectivity index (χ2v) is 8.80. The van der Waals surface area contributed by atoms with E-state index in [2.05, 4.69) is 27.4 Å². The van der Waals surface area contributed by atoms with Gasteiger partial charge in [0.15, 0.2) is 5.82 Å². The number of likely N-dealkylation sites (tertiary alicyclic amines) is 1. The number of carbonyl (C=O) groups is 1. The number of hydrogen-bond acceptors (Lipinski definition) is 4. The number of terminal acetylenes is 1. The molecule has 0 unspecified atom stereocenters. The summed E-state index contributed by atoms with van der Waals surface area (Å²) in [6.45, 7) is 4.92. The lowest BCUT2D eigenvalue weighted by Crippen LogP contribution is -2.62. The van der Waals surface area contributed by atoms with Crippen molar-refractivity contribution in [1.29, 1.82) is 0 Å². The summed E-state index contributed by atoms with van der Waals surface area (Å²) in [6.07, 6.45) is 11.0. The van der Waals surface area contributed by atoms with Crippen LogP contribution in [0.1, 0.15) is 12.0 Å². The molecule has 0 spiro atoms. The first-order valence-electron chi connectivity index (χ1n) is 11.3. The Morgan fingerprint density at radius 3 is 2.83 bits per heavy atom. The molecule has 0 N–H and O–H groups in total. The first kappa shape index (κ1) is 21.2. The third-order valence-electron chi connectivity index (χ3n) is 7.16. The van der Waals surface area contributed by atoms with Gasteiger partial charge in [0.05, 0.1) is 17.6 Å². The van der Waals surface area contributed by atoms with Gasteiger partial charge in [-0.1, -0.05) is 36.8 Å². The lowest BCUT2D eigenvalue weighted by Gasteiger charge is -2.48. The van der Waals surface area contributed by atoms with E-state index in [0.717, 1.165) is 12.1 Å². The van der Waals surface area contributed by atoms with E-state index in [-0.39, 0.29) is 34.8 Å². The largest absolute Gasteiger partial charge is 0.364 e. The van der Waals surface area contributed by atoms with E-state index >= 15 is 4.39 Å². The van der Waals surface area contributed by atoms with Gasteiger partial charge in [0, 0.05) is 47.5 Å². The zero-order valence-corrected chi connectivity index (χ0v) is 18.7. The SMILES string of the molecule is C#Cc1c(F)ccc2cccc(-c3ncc4c(N5C[C@@H]6[C@H]5CCN6C(=O)C=C)ccnc4c3F)c12. The standard InChI is InChI=1S/C28H20F2N4O/c1-3-17-20(29)9-8-16-6-5-7-18(25(16)17)27-26(30)28-19(14-32-27)21(10-12-31-28)34-15-23-22(34)11-13-33(23)24(35)4-2/h1,4-10,12,14,22-23H,2,11,13,15H2/t22-,23-/m1/s1. The molecule has 2 aliphatic heterocycles. The maximum Gasteiger partial charge on any atom is 0.246 e. The summed E-state index contributed by atoms with van der Waals surface area (Å²) in [7, 11) is 0. The van der Waals surface area contributed by atoms with E-state index in [1.54, 1.807) is 36.7 Å². The van der Waals surface area contributed by atoms with Gasteiger partial charge >= 0.3 is 0 Å². The van der Waals surface area contributed by atoms with Crippen LogP contribution in [0.5, 0.6) is 0 Å². The van der Waals surface area contributed by atoms with Crippen LogP contribution in [0.4, 0.5) is 14.5 Å². The van der Waals surface area contributed by atoms with Crippen molar-refractivity contribution in [2.45, 2.75) is 18.5 Å². The molecule has 2 atom stereocenters. The summed E-state index contributed by atoms with van der Waals surface area (Å²) in [5.74, 6) is 1.21. The van der Waals surface area contributed by atoms with Crippen molar-refractivity contribution in [2.24, 2.45) is 0 Å². The molecule has 5 nitrogen and oxygen atoms in total. The maximum atomic E-state index is 15.9. The average Bonchev–Trinajstić information content (AvgIpc) is 3.20. The van der Waals surface area contributed by atoms with Gasteiger partial charge in [0.1, 0.15) is 17.0 Å². The molecular weight excluding hydrogens is 446 g/mol. The fourth-order valence-electron chi connectivity index (χ4n) is 5.48. The highest BCUT2D eigenvalue weighted by atomic mass is 19.1. The van der Waals surface area contributed by atoms with Crippen molar-refractivity contribution >= 4 is 33.3 Å². The number of anilines is 1. The van der Waals surface area contributed by atoms with Crippen LogP contribution in [-0.2, 0) is 4.79 Å². The summed E-state index contributed by atoms with van der Waals surface area (Å²) in [4.78, 5) is 24.9. The molecule has 35 heavy (non-hydrogen) atoms. The monoisotopic (exact) mass is 466 g/mol. The lowest BCUT2D eigenvalue weighted by atomic mass is 9.94. The van der Waals surface area contributed by atoms with E-state index < -0.39 is 11.6 Å². The molecule has 2 aromatic carbocycles. The van der Waals surface area contributed by atoms with Gasteiger partial charge in [0.25, 0.3) is 0 Å². The molecule has 4 aromatic rings. The number of rotatable bonds is 3. The molecule has 1 amide bonds. The Morgan fingerprint density at radius 2 is 2.03 bits per heavy atom. The summed E-state index contributed by atoms with van der Waals surface area (Å²) in [6, 6.07) is 10.3. The minimum absolute atomic E-state index is 0.0630. The number of nitrogens with zero attached hydrogens (tertiary/aromatic N) is 4. The quantitative estimate of drug-likeness (QED) is 0.325. The summed E-state index contributed by atoms with van der Waals surface area (Å²) in [5, 5.41) is 1.73. The zero-order chi connectivity index (χ0) is 24.3. The molecule has 0 bridgehead atoms. The van der Waals surface area contributed by atoms with Crippen LogP contribution < -0.4 is 4.90 Å². The molecule has 2 fully saturated rings. The molecule has 2 aliphatic rings. The normalized spacial score (nSPS) is 18.9. The molecule has 0 saturated carbocycles. The maximum absolute atomic E-state index is 15.9. The highest BCUT2D eigenvalue weighted by Gasteiger charge is 2.48. The number of aromatic nitrogens is 2. The number of pyridine rings is 2. The fraction of sp³-hybridized carbons (Fsp3) is 0.179. The van der Waals surface area contributed by atoms with Gasteiger partial charge in [0.2, 0.25) is 5.91 Å². The van der Waals surface area contributed by atoms with Crippen LogP contribution in [0.25, 0.3) is 32.9 Å². The van der Waals surface area contributed by atoms with Gasteiger partial charge in [-0.05, 0) is 30.0 Å². The number of carbonyl (C=O) groups excluding carboxylic acids is 1. The van der Waals surface area contributed by atoms with Gasteiger partial charge in [-0.3, -0.25) is 14.8 Å². The molecule has 2 saturated heterocycles. The van der Waals surface area contributed by atoms with Gasteiger partial charge in [-0.15, -0.1) is 6.42 Å². The third kappa shape index (κ3) is 3.03. The van der Waals surface area contributed by atoms with Crippen LogP contribution >= 0.6 is 0 Å². The number of amides is 1. The highest BCUT2D eigenvalue weighted by molar-refractivity contribution is 6.02. The zero-order valence-electron chi connectivity index (χ0n) is 18.7. The van der Waals surface area contributed by atoms with E-state index in [4.69, 9.17) is 6.42 Å². The predicted molar refractivity (Wildman–Crippen MR) is 132 cm³/mol. The Labute approximate surface area is 200 Å². The summed E-state index contributed by atoms with van der Waals surface area (Å²) in [5.41, 5.74) is 1.58. The van der Waals surface area contributed by atoms with Crippen molar-refractivity contribution in [3.63, 3.8) is 0 Å². The van der Waals surface area contributed by atoms with Crippen LogP contribution in [-0.4, -0.2) is 45.9 Å². The smallest absolute Gasteiger partial charge is 0.246 e. The summed E-state index contributed by atoms with van der Waals surface area (Å²) < 4.78 is 30.4. The van der Waals surface area contributed by atoms with Crippen molar-refractivity contribution in [3.05, 3.63) is 78.6 Å². The number of hydrogen-bond donors (Lipinski definition) is 0. The number of fused-ring (bicyclic) bond motifs is 3. The Hall–Kier alpha value is -4.31. The van der Waals surface area contributed by atoms with Crippen LogP contribution in [0.2, 0.25) is 0 Å². The minimum atomic E-state index is -0.587. The van der Waals surface area contributed by atoms with Gasteiger partial charge in [-0.2, -0.15) is 0 Å². The first-order chi connectivity index (χ1) is 17.0. The highest BCUT2D eigenvalue weighted by Crippen LogP contribution is 2.41. The van der Waals surface area contributed by atoms with E-state index in [0.29, 0.717) is 34.8 Å². The third-order valence-corrected chi connectivity index (χ3v) is 7.16. The fourth-order valence-corrected chi connectivity index (χ4v) is 5.48. The first-order valence-corrected chi connectivity index (χ1v) is 11.3. The van der Waals surface area contributed by atoms with Crippen LogP contribution in [0.15, 0.2) is 61.4 Å². The Kier molecular flexibility index (Phi) is 4.78. The molecule has 172 valence electrons. The van der Waals surface area contributed by atoms with Crippen molar-refractivity contribution in [2.75, 3.05) is 18.0 Å². The molecule has 2 aromatic heterocycles. The summed E-state index contributed by atoms with van der Waals surface area (Å²) >= 11 is 0. The second kappa shape index (κ2) is 7.88. The second-order valence-electron chi connectivity index (χ2n) is 8.80. The van der Waals surface area contributed by atoms with E-state index in [9.17, 15) is 9.18 Å². The van der Waals surface area contributed by atoms with Crippen LogP contribution in [0, 0.1) is 24.0 Å². The molecule has 0 radical (unpaired) electrons. The molecule has 0 aliphatic carbocycles. The Bertz CT molecular complexity index is 1590. The van der Waals surface area contributed by atoms with Crippen molar-refractivity contribution in [1.82, 2.24) is 14.9 Å². The van der Waals surface area contributed by atoms with Gasteiger partial charge in [-0.25, -0.2) is 8.78 Å². The van der Waals surface area contributed by atoms with Crippen molar-refractivity contribution in [3.8, 4) is 23.6 Å². The van der Waals surface area contributed by atoms with E-state index in [1.165, 1.54) is 12.1 Å². The molecular formula is C28H20F2N4O.